The average Bonchev–Trinajstić information content (AvgIpc) is 2.83. The molecular formula is C26H25N3O4S2. The van der Waals surface area contributed by atoms with E-state index in [2.05, 4.69) is 16.0 Å². The summed E-state index contributed by atoms with van der Waals surface area (Å²) >= 11 is 6.83. The Kier molecular flexibility index (Phi) is 8.99. The Morgan fingerprint density at radius 1 is 0.857 bits per heavy atom. The van der Waals surface area contributed by atoms with E-state index in [0.29, 0.717) is 22.8 Å². The van der Waals surface area contributed by atoms with Gasteiger partial charge in [0.25, 0.3) is 0 Å². The van der Waals surface area contributed by atoms with Crippen LogP contribution in [0.15, 0.2) is 77.7 Å². The highest BCUT2D eigenvalue weighted by atomic mass is 32.2. The molecule has 1 amide bonds. The van der Waals surface area contributed by atoms with E-state index in [1.807, 2.05) is 31.2 Å². The minimum Gasteiger partial charge on any atom is -0.478 e. The Morgan fingerprint density at radius 2 is 1.43 bits per heavy atom. The van der Waals surface area contributed by atoms with Gasteiger partial charge in [0.2, 0.25) is 5.91 Å². The van der Waals surface area contributed by atoms with Crippen molar-refractivity contribution in [2.45, 2.75) is 30.4 Å². The predicted molar refractivity (Wildman–Crippen MR) is 145 cm³/mol. The number of aromatic carboxylic acids is 1. The van der Waals surface area contributed by atoms with E-state index in [1.165, 1.54) is 30.8 Å². The first-order chi connectivity index (χ1) is 16.7. The zero-order chi connectivity index (χ0) is 25.4. The second-order valence-corrected chi connectivity index (χ2v) is 9.31. The van der Waals surface area contributed by atoms with Crippen LogP contribution in [0.1, 0.15) is 41.0 Å². The monoisotopic (exact) mass is 507 g/mol. The Bertz CT molecular complexity index is 1230. The normalized spacial score (nSPS) is 11.3. The molecule has 7 nitrogen and oxygen atoms in total. The zero-order valence-electron chi connectivity index (χ0n) is 19.2. The van der Waals surface area contributed by atoms with Gasteiger partial charge in [-0.2, -0.15) is 0 Å². The Labute approximate surface area is 213 Å². The van der Waals surface area contributed by atoms with E-state index in [9.17, 15) is 14.4 Å². The van der Waals surface area contributed by atoms with Gasteiger partial charge < -0.3 is 21.1 Å². The number of amides is 1. The highest BCUT2D eigenvalue weighted by Crippen LogP contribution is 2.28. The summed E-state index contributed by atoms with van der Waals surface area (Å²) in [5, 5.41) is 18.1. The van der Waals surface area contributed by atoms with Crippen LogP contribution < -0.4 is 16.0 Å². The molecule has 1 unspecified atom stereocenters. The summed E-state index contributed by atoms with van der Waals surface area (Å²) in [6, 6.07) is 20.7. The van der Waals surface area contributed by atoms with Crippen molar-refractivity contribution in [2.24, 2.45) is 0 Å². The maximum absolute atomic E-state index is 12.8. The summed E-state index contributed by atoms with van der Waals surface area (Å²) in [4.78, 5) is 36.1. The third-order valence-electron chi connectivity index (χ3n) is 4.98. The van der Waals surface area contributed by atoms with E-state index >= 15 is 0 Å². The van der Waals surface area contributed by atoms with Gasteiger partial charge in [-0.15, -0.1) is 11.8 Å². The van der Waals surface area contributed by atoms with Crippen LogP contribution >= 0.6 is 24.0 Å². The topological polar surface area (TPSA) is 108 Å². The standard InChI is InChI=1S/C26H25N3O4S2/c1-3-23(24(31)27-19-13-9-18(10-14-19)25(32)33)35-22-6-4-5-21(15-22)29-26(34)28-20-11-7-17(8-12-20)16(2)30/h4-15,23H,3H2,1-2H3,(H,27,31)(H,32,33)(H2,28,29,34). The number of thiocarbonyl (C=S) groups is 1. The summed E-state index contributed by atoms with van der Waals surface area (Å²) in [5.74, 6) is -1.18. The van der Waals surface area contributed by atoms with Gasteiger partial charge in [0, 0.05) is 27.5 Å². The number of Topliss-reactive ketones (excluding diaryl/α,β-unsaturated/α-hetero) is 1. The fourth-order valence-corrected chi connectivity index (χ4v) is 4.38. The van der Waals surface area contributed by atoms with E-state index in [1.54, 1.807) is 36.4 Å². The van der Waals surface area contributed by atoms with E-state index < -0.39 is 5.97 Å². The number of thioether (sulfide) groups is 1. The number of carbonyl (C=O) groups excluding carboxylic acids is 2. The molecule has 180 valence electrons. The molecule has 0 heterocycles. The molecular weight excluding hydrogens is 482 g/mol. The van der Waals surface area contributed by atoms with Crippen LogP contribution in [0.3, 0.4) is 0 Å². The number of benzene rings is 3. The van der Waals surface area contributed by atoms with Gasteiger partial charge in [0.1, 0.15) is 0 Å². The van der Waals surface area contributed by atoms with Gasteiger partial charge in [-0.05, 0) is 92.3 Å². The molecule has 0 saturated carbocycles. The maximum Gasteiger partial charge on any atom is 0.335 e. The first kappa shape index (κ1) is 25.9. The van der Waals surface area contributed by atoms with E-state index in [0.717, 1.165) is 16.3 Å². The molecule has 0 fully saturated rings. The second kappa shape index (κ2) is 12.1. The molecule has 0 aliphatic heterocycles. The van der Waals surface area contributed by atoms with Crippen molar-refractivity contribution in [3.8, 4) is 0 Å². The molecule has 0 aromatic heterocycles. The average molecular weight is 508 g/mol. The number of hydrogen-bond donors (Lipinski definition) is 4. The summed E-state index contributed by atoms with van der Waals surface area (Å²) in [6.07, 6.45) is 0.609. The number of carboxylic acid groups (broad SMARTS) is 1. The van der Waals surface area contributed by atoms with Crippen molar-refractivity contribution in [2.75, 3.05) is 16.0 Å². The lowest BCUT2D eigenvalue weighted by molar-refractivity contribution is -0.115. The molecule has 0 aliphatic rings. The number of carboxylic acids is 1. The fraction of sp³-hybridized carbons (Fsp3) is 0.154. The lowest BCUT2D eigenvalue weighted by atomic mass is 10.1. The molecule has 9 heteroatoms. The summed E-state index contributed by atoms with van der Waals surface area (Å²) < 4.78 is 0. The van der Waals surface area contributed by atoms with E-state index in [-0.39, 0.29) is 22.5 Å². The minimum absolute atomic E-state index is 0.00160. The van der Waals surface area contributed by atoms with Crippen molar-refractivity contribution in [1.29, 1.82) is 0 Å². The van der Waals surface area contributed by atoms with Gasteiger partial charge in [0.05, 0.1) is 10.8 Å². The highest BCUT2D eigenvalue weighted by molar-refractivity contribution is 8.00. The Hall–Kier alpha value is -3.69. The van der Waals surface area contributed by atoms with Crippen molar-refractivity contribution >= 4 is 63.8 Å². The Balaban J connectivity index is 1.59. The van der Waals surface area contributed by atoms with Crippen molar-refractivity contribution in [1.82, 2.24) is 0 Å². The molecule has 3 aromatic carbocycles. The minimum atomic E-state index is -1.01. The van der Waals surface area contributed by atoms with Gasteiger partial charge in [-0.25, -0.2) is 4.79 Å². The number of carbonyl (C=O) groups is 3. The molecule has 0 saturated heterocycles. The van der Waals surface area contributed by atoms with Crippen LogP contribution in [0.2, 0.25) is 0 Å². The quantitative estimate of drug-likeness (QED) is 0.161. The molecule has 1 atom stereocenters. The number of anilines is 3. The lowest BCUT2D eigenvalue weighted by Gasteiger charge is -2.16. The SMILES string of the molecule is CCC(Sc1cccc(NC(=S)Nc2ccc(C(C)=O)cc2)c1)C(=O)Nc1ccc(C(=O)O)cc1. The summed E-state index contributed by atoms with van der Waals surface area (Å²) in [6.45, 7) is 3.45. The second-order valence-electron chi connectivity index (χ2n) is 7.63. The van der Waals surface area contributed by atoms with Gasteiger partial charge in [0.15, 0.2) is 10.9 Å². The largest absolute Gasteiger partial charge is 0.478 e. The molecule has 0 bridgehead atoms. The molecule has 0 aliphatic carbocycles. The van der Waals surface area contributed by atoms with Crippen molar-refractivity contribution in [3.63, 3.8) is 0 Å². The van der Waals surface area contributed by atoms with Gasteiger partial charge in [-0.1, -0.05) is 13.0 Å². The van der Waals surface area contributed by atoms with Gasteiger partial charge >= 0.3 is 5.97 Å². The van der Waals surface area contributed by atoms with Crippen LogP contribution in [0.5, 0.6) is 0 Å². The third kappa shape index (κ3) is 7.66. The smallest absolute Gasteiger partial charge is 0.335 e. The van der Waals surface area contributed by atoms with Crippen LogP contribution in [-0.2, 0) is 4.79 Å². The third-order valence-corrected chi connectivity index (χ3v) is 6.54. The fourth-order valence-electron chi connectivity index (χ4n) is 3.13. The van der Waals surface area contributed by atoms with Crippen LogP contribution in [0.25, 0.3) is 0 Å². The van der Waals surface area contributed by atoms with E-state index in [4.69, 9.17) is 17.3 Å². The Morgan fingerprint density at radius 3 is 2.00 bits per heavy atom. The van der Waals surface area contributed by atoms with Gasteiger partial charge in [-0.3, -0.25) is 9.59 Å². The molecule has 3 rings (SSSR count). The predicted octanol–water partition coefficient (Wildman–Crippen LogP) is 5.91. The molecule has 0 spiro atoms. The number of hydrogen-bond acceptors (Lipinski definition) is 5. The molecule has 4 N–H and O–H groups in total. The maximum atomic E-state index is 12.8. The summed E-state index contributed by atoms with van der Waals surface area (Å²) in [7, 11) is 0. The number of nitrogens with one attached hydrogen (secondary N) is 3. The lowest BCUT2D eigenvalue weighted by Crippen LogP contribution is -2.24. The highest BCUT2D eigenvalue weighted by Gasteiger charge is 2.18. The molecule has 35 heavy (non-hydrogen) atoms. The molecule has 3 aromatic rings. The van der Waals surface area contributed by atoms with Crippen LogP contribution in [0, 0.1) is 0 Å². The van der Waals surface area contributed by atoms with Crippen LogP contribution in [0.4, 0.5) is 17.1 Å². The number of ketones is 1. The van der Waals surface area contributed by atoms with Crippen LogP contribution in [-0.4, -0.2) is 33.1 Å². The van der Waals surface area contributed by atoms with Crippen molar-refractivity contribution < 1.29 is 19.5 Å². The van der Waals surface area contributed by atoms with Crippen molar-refractivity contribution in [3.05, 3.63) is 83.9 Å². The first-order valence-corrected chi connectivity index (χ1v) is 12.1. The zero-order valence-corrected chi connectivity index (χ0v) is 20.8. The summed E-state index contributed by atoms with van der Waals surface area (Å²) in [5.41, 5.74) is 2.87. The number of rotatable bonds is 9. The molecule has 0 radical (unpaired) electrons. The first-order valence-electron chi connectivity index (χ1n) is 10.8.